The SMILES string of the molecule is CN=CC1CCN(C2CCN(C(=O)CC(C)(C)C)CC2)C1. The van der Waals surface area contributed by atoms with Crippen LogP contribution in [-0.4, -0.2) is 61.2 Å². The lowest BCUT2D eigenvalue weighted by Gasteiger charge is -2.37. The lowest BCUT2D eigenvalue weighted by Crippen LogP contribution is -2.46. The molecule has 2 heterocycles. The van der Waals surface area contributed by atoms with Crippen LogP contribution in [0.1, 0.15) is 46.5 Å². The zero-order valence-corrected chi connectivity index (χ0v) is 14.1. The largest absolute Gasteiger partial charge is 0.343 e. The molecule has 0 radical (unpaired) electrons. The van der Waals surface area contributed by atoms with E-state index in [0.29, 0.717) is 24.3 Å². The molecule has 0 aliphatic carbocycles. The van der Waals surface area contributed by atoms with Crippen LogP contribution in [0.15, 0.2) is 4.99 Å². The molecule has 0 aromatic carbocycles. The topological polar surface area (TPSA) is 35.9 Å². The molecule has 2 aliphatic rings. The van der Waals surface area contributed by atoms with E-state index in [4.69, 9.17) is 0 Å². The van der Waals surface area contributed by atoms with Gasteiger partial charge in [0.2, 0.25) is 5.91 Å². The molecule has 0 spiro atoms. The van der Waals surface area contributed by atoms with Gasteiger partial charge in [0.15, 0.2) is 0 Å². The van der Waals surface area contributed by atoms with E-state index >= 15 is 0 Å². The quantitative estimate of drug-likeness (QED) is 0.749. The molecule has 2 aliphatic heterocycles. The van der Waals surface area contributed by atoms with E-state index in [0.717, 1.165) is 32.5 Å². The van der Waals surface area contributed by atoms with Crippen LogP contribution in [0, 0.1) is 11.3 Å². The molecule has 1 amide bonds. The molecular formula is C17H31N3O. The van der Waals surface area contributed by atoms with E-state index in [2.05, 4.69) is 41.8 Å². The summed E-state index contributed by atoms with van der Waals surface area (Å²) in [4.78, 5) is 21.1. The van der Waals surface area contributed by atoms with Crippen molar-refractivity contribution in [3.63, 3.8) is 0 Å². The van der Waals surface area contributed by atoms with Gasteiger partial charge in [-0.2, -0.15) is 0 Å². The Balaban J connectivity index is 1.77. The predicted octanol–water partition coefficient (Wildman–Crippen LogP) is 2.44. The summed E-state index contributed by atoms with van der Waals surface area (Å²) in [5.41, 5.74) is 0.0929. The summed E-state index contributed by atoms with van der Waals surface area (Å²) < 4.78 is 0. The van der Waals surface area contributed by atoms with Gasteiger partial charge in [-0.05, 0) is 31.2 Å². The molecule has 120 valence electrons. The minimum atomic E-state index is 0.0929. The van der Waals surface area contributed by atoms with Gasteiger partial charge in [0, 0.05) is 51.3 Å². The van der Waals surface area contributed by atoms with Crippen LogP contribution >= 0.6 is 0 Å². The molecule has 0 aromatic rings. The molecule has 2 saturated heterocycles. The Kier molecular flexibility index (Phi) is 5.42. The first-order valence-corrected chi connectivity index (χ1v) is 8.33. The van der Waals surface area contributed by atoms with E-state index in [-0.39, 0.29) is 5.41 Å². The minimum Gasteiger partial charge on any atom is -0.343 e. The summed E-state index contributed by atoms with van der Waals surface area (Å²) in [5, 5.41) is 0. The summed E-state index contributed by atoms with van der Waals surface area (Å²) in [7, 11) is 1.86. The number of hydrogen-bond donors (Lipinski definition) is 0. The number of nitrogens with zero attached hydrogens (tertiary/aromatic N) is 3. The van der Waals surface area contributed by atoms with E-state index in [1.165, 1.54) is 13.0 Å². The molecule has 1 atom stereocenters. The number of hydrogen-bond acceptors (Lipinski definition) is 3. The lowest BCUT2D eigenvalue weighted by atomic mass is 9.91. The number of rotatable bonds is 3. The molecule has 2 rings (SSSR count). The van der Waals surface area contributed by atoms with Crippen LogP contribution in [0.2, 0.25) is 0 Å². The monoisotopic (exact) mass is 293 g/mol. The molecule has 4 nitrogen and oxygen atoms in total. The third-order valence-corrected chi connectivity index (χ3v) is 4.63. The Bertz CT molecular complexity index is 378. The lowest BCUT2D eigenvalue weighted by molar-refractivity contribution is -0.134. The highest BCUT2D eigenvalue weighted by Crippen LogP contribution is 2.25. The average molecular weight is 293 g/mol. The van der Waals surface area contributed by atoms with E-state index in [1.54, 1.807) is 0 Å². The Hall–Kier alpha value is -0.900. The van der Waals surface area contributed by atoms with Crippen LogP contribution in [0.4, 0.5) is 0 Å². The highest BCUT2D eigenvalue weighted by Gasteiger charge is 2.31. The van der Waals surface area contributed by atoms with Gasteiger partial charge in [0.05, 0.1) is 0 Å². The van der Waals surface area contributed by atoms with Gasteiger partial charge in [0.25, 0.3) is 0 Å². The summed E-state index contributed by atoms with van der Waals surface area (Å²) >= 11 is 0. The Morgan fingerprint density at radius 1 is 1.19 bits per heavy atom. The molecular weight excluding hydrogens is 262 g/mol. The maximum absolute atomic E-state index is 12.3. The van der Waals surface area contributed by atoms with Crippen molar-refractivity contribution in [2.24, 2.45) is 16.3 Å². The third-order valence-electron chi connectivity index (χ3n) is 4.63. The van der Waals surface area contributed by atoms with Crippen molar-refractivity contribution in [2.75, 3.05) is 33.2 Å². The number of amides is 1. The van der Waals surface area contributed by atoms with Gasteiger partial charge in [0.1, 0.15) is 0 Å². The average Bonchev–Trinajstić information content (AvgIpc) is 2.86. The molecule has 4 heteroatoms. The second kappa shape index (κ2) is 6.91. The molecule has 21 heavy (non-hydrogen) atoms. The first kappa shape index (κ1) is 16.5. The zero-order chi connectivity index (χ0) is 15.5. The fraction of sp³-hybridized carbons (Fsp3) is 0.882. The van der Waals surface area contributed by atoms with E-state index in [9.17, 15) is 4.79 Å². The standard InChI is InChI=1S/C17H31N3O/c1-17(2,3)11-16(21)19-9-6-15(7-10-19)20-8-5-14(13-20)12-18-4/h12,14-15H,5-11,13H2,1-4H3. The summed E-state index contributed by atoms with van der Waals surface area (Å²) in [6.07, 6.45) is 6.26. The van der Waals surface area contributed by atoms with Gasteiger partial charge in [-0.25, -0.2) is 0 Å². The smallest absolute Gasteiger partial charge is 0.223 e. The van der Waals surface area contributed by atoms with Gasteiger partial charge in [-0.3, -0.25) is 9.69 Å². The van der Waals surface area contributed by atoms with Crippen LogP contribution in [0.3, 0.4) is 0 Å². The molecule has 2 fully saturated rings. The number of likely N-dealkylation sites (tertiary alicyclic amines) is 2. The molecule has 0 saturated carbocycles. The number of carbonyl (C=O) groups excluding carboxylic acids is 1. The van der Waals surface area contributed by atoms with Crippen molar-refractivity contribution < 1.29 is 4.79 Å². The van der Waals surface area contributed by atoms with E-state index in [1.807, 2.05) is 7.05 Å². The maximum Gasteiger partial charge on any atom is 0.223 e. The van der Waals surface area contributed by atoms with Crippen molar-refractivity contribution in [2.45, 2.75) is 52.5 Å². The number of piperidine rings is 1. The summed E-state index contributed by atoms with van der Waals surface area (Å²) in [6.45, 7) is 10.6. The second-order valence-corrected chi connectivity index (χ2v) is 7.80. The van der Waals surface area contributed by atoms with Crippen LogP contribution in [-0.2, 0) is 4.79 Å². The highest BCUT2D eigenvalue weighted by atomic mass is 16.2. The van der Waals surface area contributed by atoms with Crippen molar-refractivity contribution in [1.82, 2.24) is 9.80 Å². The first-order valence-electron chi connectivity index (χ1n) is 8.33. The first-order chi connectivity index (χ1) is 9.89. The van der Waals surface area contributed by atoms with Crippen molar-refractivity contribution >= 4 is 12.1 Å². The van der Waals surface area contributed by atoms with Crippen LogP contribution < -0.4 is 0 Å². The fourth-order valence-corrected chi connectivity index (χ4v) is 3.53. The maximum atomic E-state index is 12.3. The van der Waals surface area contributed by atoms with E-state index < -0.39 is 0 Å². The van der Waals surface area contributed by atoms with Gasteiger partial charge in [-0.15, -0.1) is 0 Å². The Labute approximate surface area is 129 Å². The molecule has 0 N–H and O–H groups in total. The summed E-state index contributed by atoms with van der Waals surface area (Å²) in [6, 6.07) is 0.666. The number of carbonyl (C=O) groups is 1. The number of aliphatic imine (C=N–C) groups is 1. The normalized spacial score (nSPS) is 25.9. The van der Waals surface area contributed by atoms with Crippen molar-refractivity contribution in [3.8, 4) is 0 Å². The van der Waals surface area contributed by atoms with Crippen molar-refractivity contribution in [3.05, 3.63) is 0 Å². The van der Waals surface area contributed by atoms with Crippen molar-refractivity contribution in [1.29, 1.82) is 0 Å². The highest BCUT2D eigenvalue weighted by molar-refractivity contribution is 5.76. The van der Waals surface area contributed by atoms with Gasteiger partial charge in [-0.1, -0.05) is 20.8 Å². The Morgan fingerprint density at radius 2 is 1.86 bits per heavy atom. The molecule has 1 unspecified atom stereocenters. The van der Waals surface area contributed by atoms with Gasteiger partial charge >= 0.3 is 0 Å². The van der Waals surface area contributed by atoms with Crippen LogP contribution in [0.5, 0.6) is 0 Å². The van der Waals surface area contributed by atoms with Gasteiger partial charge < -0.3 is 9.89 Å². The predicted molar refractivity (Wildman–Crippen MR) is 87.8 cm³/mol. The zero-order valence-electron chi connectivity index (χ0n) is 14.1. The fourth-order valence-electron chi connectivity index (χ4n) is 3.53. The molecule has 0 bridgehead atoms. The Morgan fingerprint density at radius 3 is 2.43 bits per heavy atom. The second-order valence-electron chi connectivity index (χ2n) is 7.80. The minimum absolute atomic E-state index is 0.0929. The summed E-state index contributed by atoms with van der Waals surface area (Å²) in [5.74, 6) is 0.967. The van der Waals surface area contributed by atoms with Crippen LogP contribution in [0.25, 0.3) is 0 Å². The third kappa shape index (κ3) is 4.80. The molecule has 0 aromatic heterocycles.